The number of nitro groups is 1. The van der Waals surface area contributed by atoms with Crippen LogP contribution in [0.25, 0.3) is 0 Å². The molecule has 3 aromatic rings. The van der Waals surface area contributed by atoms with Gasteiger partial charge in [-0.05, 0) is 18.2 Å². The van der Waals surface area contributed by atoms with E-state index in [1.54, 1.807) is 18.2 Å². The van der Waals surface area contributed by atoms with Crippen LogP contribution in [0.2, 0.25) is 0 Å². The minimum Gasteiger partial charge on any atom is -0.486 e. The first kappa shape index (κ1) is 17.2. The van der Waals surface area contributed by atoms with Crippen LogP contribution < -0.4 is 10.1 Å². The number of ether oxygens (including phenoxy) is 1. The molecule has 0 fully saturated rings. The summed E-state index contributed by atoms with van der Waals surface area (Å²) in [5.74, 6) is 0.892. The van der Waals surface area contributed by atoms with Gasteiger partial charge in [0.25, 0.3) is 0 Å². The molecule has 0 aliphatic carbocycles. The number of aromatic nitrogens is 2. The Morgan fingerprint density at radius 2 is 1.88 bits per heavy atom. The van der Waals surface area contributed by atoms with E-state index in [0.29, 0.717) is 17.5 Å². The van der Waals surface area contributed by atoms with Gasteiger partial charge in [-0.1, -0.05) is 53.4 Å². The van der Waals surface area contributed by atoms with E-state index in [-0.39, 0.29) is 11.4 Å². The van der Waals surface area contributed by atoms with E-state index in [0.717, 1.165) is 10.0 Å². The molecule has 0 spiro atoms. The SMILES string of the molecule is O=[N+]([O-])c1ccccc1OCCSc1nnc(Nc2ccccc2)s1. The zero-order valence-electron chi connectivity index (χ0n) is 13.0. The van der Waals surface area contributed by atoms with Crippen LogP contribution in [0.15, 0.2) is 58.9 Å². The second-order valence-electron chi connectivity index (χ2n) is 4.79. The molecule has 0 saturated carbocycles. The smallest absolute Gasteiger partial charge is 0.310 e. The van der Waals surface area contributed by atoms with Crippen LogP contribution in [0.4, 0.5) is 16.5 Å². The van der Waals surface area contributed by atoms with Crippen molar-refractivity contribution in [2.24, 2.45) is 0 Å². The van der Waals surface area contributed by atoms with Crippen molar-refractivity contribution >= 4 is 39.6 Å². The quantitative estimate of drug-likeness (QED) is 0.271. The summed E-state index contributed by atoms with van der Waals surface area (Å²) in [5.41, 5.74) is 0.924. The summed E-state index contributed by atoms with van der Waals surface area (Å²) in [6.07, 6.45) is 0. The maximum atomic E-state index is 10.9. The molecular weight excluding hydrogens is 360 g/mol. The van der Waals surface area contributed by atoms with E-state index < -0.39 is 4.92 Å². The largest absolute Gasteiger partial charge is 0.486 e. The topological polar surface area (TPSA) is 90.2 Å². The summed E-state index contributed by atoms with van der Waals surface area (Å²) in [7, 11) is 0. The van der Waals surface area contributed by atoms with Gasteiger partial charge in [0.05, 0.1) is 11.5 Å². The molecule has 1 aromatic heterocycles. The fourth-order valence-corrected chi connectivity index (χ4v) is 3.63. The molecule has 25 heavy (non-hydrogen) atoms. The van der Waals surface area contributed by atoms with E-state index in [1.807, 2.05) is 30.3 Å². The fourth-order valence-electron chi connectivity index (χ4n) is 1.97. The van der Waals surface area contributed by atoms with Gasteiger partial charge in [-0.15, -0.1) is 10.2 Å². The molecule has 0 aliphatic heterocycles. The third kappa shape index (κ3) is 4.91. The van der Waals surface area contributed by atoms with E-state index in [2.05, 4.69) is 15.5 Å². The molecule has 0 radical (unpaired) electrons. The number of benzene rings is 2. The maximum absolute atomic E-state index is 10.9. The second-order valence-corrected chi connectivity index (χ2v) is 7.11. The molecule has 9 heteroatoms. The Labute approximate surface area is 152 Å². The highest BCUT2D eigenvalue weighted by atomic mass is 32.2. The van der Waals surface area contributed by atoms with Gasteiger partial charge >= 0.3 is 5.69 Å². The lowest BCUT2D eigenvalue weighted by Gasteiger charge is -2.05. The van der Waals surface area contributed by atoms with Crippen LogP contribution in [0.1, 0.15) is 0 Å². The number of nitrogens with zero attached hydrogens (tertiary/aromatic N) is 3. The van der Waals surface area contributed by atoms with Gasteiger partial charge in [-0.3, -0.25) is 10.1 Å². The Hall–Kier alpha value is -2.65. The van der Waals surface area contributed by atoms with Gasteiger partial charge in [0.1, 0.15) is 0 Å². The van der Waals surface area contributed by atoms with E-state index in [1.165, 1.54) is 29.2 Å². The normalized spacial score (nSPS) is 10.4. The minimum atomic E-state index is -0.450. The lowest BCUT2D eigenvalue weighted by molar-refractivity contribution is -0.385. The molecule has 3 rings (SSSR count). The van der Waals surface area contributed by atoms with E-state index in [4.69, 9.17) is 4.74 Å². The molecule has 1 N–H and O–H groups in total. The predicted molar refractivity (Wildman–Crippen MR) is 98.9 cm³/mol. The van der Waals surface area contributed by atoms with Crippen molar-refractivity contribution in [2.45, 2.75) is 4.34 Å². The van der Waals surface area contributed by atoms with E-state index in [9.17, 15) is 10.1 Å². The first-order valence-electron chi connectivity index (χ1n) is 7.37. The van der Waals surface area contributed by atoms with Crippen molar-refractivity contribution in [2.75, 3.05) is 17.7 Å². The fraction of sp³-hybridized carbons (Fsp3) is 0.125. The van der Waals surface area contributed by atoms with Gasteiger partial charge in [0, 0.05) is 17.5 Å². The predicted octanol–water partition coefficient (Wildman–Crippen LogP) is 4.36. The number of para-hydroxylation sites is 3. The van der Waals surface area contributed by atoms with Crippen molar-refractivity contribution < 1.29 is 9.66 Å². The Kier molecular flexibility index (Phi) is 5.81. The maximum Gasteiger partial charge on any atom is 0.310 e. The molecule has 0 bridgehead atoms. The second kappa shape index (κ2) is 8.45. The number of thioether (sulfide) groups is 1. The lowest BCUT2D eigenvalue weighted by atomic mass is 10.3. The standard InChI is InChI=1S/C16H14N4O3S2/c21-20(22)13-8-4-5-9-14(13)23-10-11-24-16-19-18-15(25-16)17-12-6-2-1-3-7-12/h1-9H,10-11H2,(H,17,18). The van der Waals surface area contributed by atoms with Gasteiger partial charge in [0.15, 0.2) is 10.1 Å². The molecule has 128 valence electrons. The number of anilines is 2. The molecule has 2 aromatic carbocycles. The first-order chi connectivity index (χ1) is 12.2. The summed E-state index contributed by atoms with van der Waals surface area (Å²) >= 11 is 2.94. The molecule has 1 heterocycles. The first-order valence-corrected chi connectivity index (χ1v) is 9.17. The number of hydrogen-bond donors (Lipinski definition) is 1. The third-order valence-electron chi connectivity index (χ3n) is 3.06. The zero-order valence-corrected chi connectivity index (χ0v) is 14.6. The average Bonchev–Trinajstić information content (AvgIpc) is 3.07. The van der Waals surface area contributed by atoms with Gasteiger partial charge < -0.3 is 10.1 Å². The van der Waals surface area contributed by atoms with Gasteiger partial charge in [0.2, 0.25) is 5.13 Å². The molecule has 0 atom stereocenters. The summed E-state index contributed by atoms with van der Waals surface area (Å²) in [6.45, 7) is 0.344. The zero-order chi connectivity index (χ0) is 17.5. The number of hydrogen-bond acceptors (Lipinski definition) is 8. The Morgan fingerprint density at radius 3 is 2.68 bits per heavy atom. The summed E-state index contributed by atoms with van der Waals surface area (Å²) in [5, 5.41) is 23.0. The highest BCUT2D eigenvalue weighted by Gasteiger charge is 2.13. The highest BCUT2D eigenvalue weighted by molar-refractivity contribution is 8.01. The van der Waals surface area contributed by atoms with Gasteiger partial charge in [-0.2, -0.15) is 0 Å². The molecular formula is C16H14N4O3S2. The highest BCUT2D eigenvalue weighted by Crippen LogP contribution is 2.29. The molecule has 0 aliphatic rings. The Morgan fingerprint density at radius 1 is 1.12 bits per heavy atom. The Balaban J connectivity index is 1.48. The molecule has 0 saturated heterocycles. The summed E-state index contributed by atoms with van der Waals surface area (Å²) in [6, 6.07) is 16.1. The van der Waals surface area contributed by atoms with Crippen LogP contribution in [-0.4, -0.2) is 27.5 Å². The van der Waals surface area contributed by atoms with Crippen LogP contribution in [-0.2, 0) is 0 Å². The van der Waals surface area contributed by atoms with Gasteiger partial charge in [-0.25, -0.2) is 0 Å². The average molecular weight is 374 g/mol. The van der Waals surface area contributed by atoms with Crippen molar-refractivity contribution in [3.05, 3.63) is 64.7 Å². The number of rotatable bonds is 8. The summed E-state index contributed by atoms with van der Waals surface area (Å²) in [4.78, 5) is 10.5. The molecule has 0 amide bonds. The van der Waals surface area contributed by atoms with Crippen LogP contribution >= 0.6 is 23.1 Å². The molecule has 0 unspecified atom stereocenters. The third-order valence-corrected chi connectivity index (χ3v) is 5.00. The van der Waals surface area contributed by atoms with Crippen molar-refractivity contribution in [3.8, 4) is 5.75 Å². The van der Waals surface area contributed by atoms with E-state index >= 15 is 0 Å². The summed E-state index contributed by atoms with van der Waals surface area (Å²) < 4.78 is 6.31. The minimum absolute atomic E-state index is 0.0298. The van der Waals surface area contributed by atoms with Crippen molar-refractivity contribution in [1.29, 1.82) is 0 Å². The van der Waals surface area contributed by atoms with Crippen LogP contribution in [0, 0.1) is 10.1 Å². The van der Waals surface area contributed by atoms with Crippen LogP contribution in [0.5, 0.6) is 5.75 Å². The monoisotopic (exact) mass is 374 g/mol. The Bertz CT molecular complexity index is 842. The molecule has 7 nitrogen and oxygen atoms in total. The number of nitrogens with one attached hydrogen (secondary N) is 1. The van der Waals surface area contributed by atoms with Crippen molar-refractivity contribution in [3.63, 3.8) is 0 Å². The van der Waals surface area contributed by atoms with Crippen molar-refractivity contribution in [1.82, 2.24) is 10.2 Å². The lowest BCUT2D eigenvalue weighted by Crippen LogP contribution is -2.02. The number of nitro benzene ring substituents is 1. The van der Waals surface area contributed by atoms with Crippen LogP contribution in [0.3, 0.4) is 0 Å².